The molecule has 0 aliphatic heterocycles. The van der Waals surface area contributed by atoms with E-state index in [1.807, 2.05) is 0 Å². The molecule has 42 heavy (non-hydrogen) atoms. The van der Waals surface area contributed by atoms with Gasteiger partial charge in [0.2, 0.25) is 11.8 Å². The van der Waals surface area contributed by atoms with Crippen LogP contribution >= 0.6 is 21.6 Å². The molecule has 230 valence electrons. The maximum Gasteiger partial charge on any atom is 0.240 e. The SMILES string of the molecule is CC/C=C\C/C=C\C/C=C\C/C=C\C/C=C\CCCC(=O)N[C@@H](CSSC(C)(C)CCC(=O)c1cccnc1)C(N)=O. The lowest BCUT2D eigenvalue weighted by Crippen LogP contribution is -2.46. The first-order valence-electron chi connectivity index (χ1n) is 14.8. The molecule has 0 aromatic carbocycles. The van der Waals surface area contributed by atoms with E-state index in [1.54, 1.807) is 35.3 Å². The molecule has 0 saturated carbocycles. The van der Waals surface area contributed by atoms with Crippen molar-refractivity contribution in [1.29, 1.82) is 0 Å². The van der Waals surface area contributed by atoms with Gasteiger partial charge in [-0.05, 0) is 77.3 Å². The molecule has 6 nitrogen and oxygen atoms in total. The largest absolute Gasteiger partial charge is 0.368 e. The minimum atomic E-state index is -0.725. The number of nitrogens with one attached hydrogen (secondary N) is 1. The molecule has 0 unspecified atom stereocenters. The van der Waals surface area contributed by atoms with E-state index < -0.39 is 11.9 Å². The lowest BCUT2D eigenvalue weighted by atomic mass is 10.0. The van der Waals surface area contributed by atoms with Crippen LogP contribution in [-0.2, 0) is 9.59 Å². The van der Waals surface area contributed by atoms with Gasteiger partial charge in [-0.1, -0.05) is 89.3 Å². The predicted molar refractivity (Wildman–Crippen MR) is 181 cm³/mol. The molecule has 0 fully saturated rings. The number of primary amides is 1. The van der Waals surface area contributed by atoms with Gasteiger partial charge in [0.15, 0.2) is 5.78 Å². The maximum absolute atomic E-state index is 12.4. The van der Waals surface area contributed by atoms with Crippen LogP contribution in [0.25, 0.3) is 0 Å². The number of carbonyl (C=O) groups is 3. The number of ketones is 1. The van der Waals surface area contributed by atoms with Crippen molar-refractivity contribution in [1.82, 2.24) is 10.3 Å². The lowest BCUT2D eigenvalue weighted by Gasteiger charge is -2.24. The average molecular weight is 612 g/mol. The summed E-state index contributed by atoms with van der Waals surface area (Å²) in [6, 6.07) is 2.80. The Morgan fingerprint density at radius 1 is 0.929 bits per heavy atom. The van der Waals surface area contributed by atoms with Crippen LogP contribution in [0, 0.1) is 0 Å². The molecule has 0 aliphatic rings. The van der Waals surface area contributed by atoms with E-state index >= 15 is 0 Å². The van der Waals surface area contributed by atoms with Gasteiger partial charge in [-0.2, -0.15) is 0 Å². The van der Waals surface area contributed by atoms with Gasteiger partial charge >= 0.3 is 0 Å². The molecule has 0 radical (unpaired) electrons. The van der Waals surface area contributed by atoms with Crippen LogP contribution in [0.4, 0.5) is 0 Å². The number of amides is 2. The van der Waals surface area contributed by atoms with E-state index in [1.165, 1.54) is 10.8 Å². The third kappa shape index (κ3) is 20.1. The number of allylic oxidation sites excluding steroid dienone is 10. The smallest absolute Gasteiger partial charge is 0.240 e. The summed E-state index contributed by atoms with van der Waals surface area (Å²) in [5.74, 6) is -0.272. The molecule has 0 bridgehead atoms. The Morgan fingerprint density at radius 2 is 1.52 bits per heavy atom. The molecule has 1 rings (SSSR count). The fraction of sp³-hybridized carbons (Fsp3) is 0.471. The number of hydrogen-bond donors (Lipinski definition) is 2. The van der Waals surface area contributed by atoms with Gasteiger partial charge < -0.3 is 11.1 Å². The maximum atomic E-state index is 12.4. The zero-order valence-corrected chi connectivity index (χ0v) is 27.1. The summed E-state index contributed by atoms with van der Waals surface area (Å²) in [5.41, 5.74) is 6.15. The molecule has 8 heteroatoms. The van der Waals surface area contributed by atoms with Crippen molar-refractivity contribution in [2.24, 2.45) is 5.73 Å². The quantitative estimate of drug-likeness (QED) is 0.0561. The Kier molecular flexibility index (Phi) is 21.0. The average Bonchev–Trinajstić information content (AvgIpc) is 2.97. The minimum Gasteiger partial charge on any atom is -0.368 e. The van der Waals surface area contributed by atoms with Crippen molar-refractivity contribution in [3.63, 3.8) is 0 Å². The highest BCUT2D eigenvalue weighted by atomic mass is 33.1. The third-order valence-corrected chi connectivity index (χ3v) is 9.43. The number of nitrogens with two attached hydrogens (primary N) is 1. The molecule has 1 heterocycles. The molecular weight excluding hydrogens is 563 g/mol. The predicted octanol–water partition coefficient (Wildman–Crippen LogP) is 8.10. The minimum absolute atomic E-state index is 0.0635. The summed E-state index contributed by atoms with van der Waals surface area (Å²) in [7, 11) is 3.08. The first-order chi connectivity index (χ1) is 20.2. The number of carbonyl (C=O) groups excluding carboxylic acids is 3. The van der Waals surface area contributed by atoms with Gasteiger partial charge in [-0.3, -0.25) is 19.4 Å². The Hall–Kier alpha value is -2.84. The molecular formula is C34H49N3O3S2. The number of unbranched alkanes of at least 4 members (excludes halogenated alkanes) is 1. The zero-order valence-electron chi connectivity index (χ0n) is 25.5. The highest BCUT2D eigenvalue weighted by molar-refractivity contribution is 8.77. The molecule has 1 aromatic rings. The first kappa shape index (κ1) is 37.2. The van der Waals surface area contributed by atoms with Crippen LogP contribution in [0.2, 0.25) is 0 Å². The van der Waals surface area contributed by atoms with Crippen LogP contribution in [0.3, 0.4) is 0 Å². The van der Waals surface area contributed by atoms with E-state index in [9.17, 15) is 14.4 Å². The first-order valence-corrected chi connectivity index (χ1v) is 17.1. The van der Waals surface area contributed by atoms with Crippen molar-refractivity contribution in [3.8, 4) is 0 Å². The van der Waals surface area contributed by atoms with Gasteiger partial charge in [-0.25, -0.2) is 0 Å². The van der Waals surface area contributed by atoms with Crippen molar-refractivity contribution in [2.45, 2.75) is 95.8 Å². The number of nitrogens with zero attached hydrogens (tertiary/aromatic N) is 1. The Labute approximate surface area is 261 Å². The van der Waals surface area contributed by atoms with Crippen LogP contribution in [0.5, 0.6) is 0 Å². The number of pyridine rings is 1. The highest BCUT2D eigenvalue weighted by Crippen LogP contribution is 2.39. The second-order valence-corrected chi connectivity index (χ2v) is 13.5. The van der Waals surface area contributed by atoms with Gasteiger partial charge in [-0.15, -0.1) is 0 Å². The number of Topliss-reactive ketones (excluding diaryl/α,β-unsaturated/α-hetero) is 1. The Balaban J connectivity index is 2.19. The van der Waals surface area contributed by atoms with Gasteiger partial charge in [0, 0.05) is 41.3 Å². The van der Waals surface area contributed by atoms with E-state index in [2.05, 4.69) is 91.8 Å². The van der Waals surface area contributed by atoms with Gasteiger partial charge in [0.25, 0.3) is 0 Å². The van der Waals surface area contributed by atoms with Crippen LogP contribution in [0.1, 0.15) is 95.3 Å². The standard InChI is InChI=1S/C34H49N3O3S2/c1-4-5-6-7-8-9-10-11-12-13-14-15-16-17-18-19-20-23-32(39)37-30(33(35)40)28-41-42-34(2,3)25-24-31(38)29-22-21-26-36-27-29/h5-6,8-9,11-12,14-15,17-18,21-22,26-27,30H,4,7,10,13,16,19-20,23-25,28H2,1-3H3,(H2,35,40)(H,37,39)/b6-5-,9-8-,12-11-,15-14-,18-17-/t30-/m0/s1. The van der Waals surface area contributed by atoms with Crippen LogP contribution < -0.4 is 11.1 Å². The summed E-state index contributed by atoms with van der Waals surface area (Å²) >= 11 is 0. The molecule has 3 N–H and O–H groups in total. The second-order valence-electron chi connectivity index (χ2n) is 10.4. The van der Waals surface area contributed by atoms with E-state index in [0.29, 0.717) is 37.0 Å². The molecule has 1 atom stereocenters. The molecule has 0 aliphatic carbocycles. The van der Waals surface area contributed by atoms with E-state index in [0.717, 1.165) is 38.5 Å². The lowest BCUT2D eigenvalue weighted by molar-refractivity contribution is -0.126. The fourth-order valence-corrected chi connectivity index (χ4v) is 6.38. The summed E-state index contributed by atoms with van der Waals surface area (Å²) in [6.07, 6.45) is 32.7. The molecule has 1 aromatic heterocycles. The topological polar surface area (TPSA) is 102 Å². The summed E-state index contributed by atoms with van der Waals surface area (Å²) in [4.78, 5) is 40.6. The van der Waals surface area contributed by atoms with Crippen molar-refractivity contribution in [3.05, 3.63) is 90.9 Å². The number of rotatable bonds is 23. The molecule has 0 saturated heterocycles. The summed E-state index contributed by atoms with van der Waals surface area (Å²) in [5, 5.41) is 2.77. The van der Waals surface area contributed by atoms with Crippen molar-refractivity contribution >= 4 is 39.2 Å². The van der Waals surface area contributed by atoms with Gasteiger partial charge in [0.05, 0.1) is 0 Å². The number of hydrogen-bond acceptors (Lipinski definition) is 6. The zero-order chi connectivity index (χ0) is 30.9. The fourth-order valence-electron chi connectivity index (χ4n) is 3.60. The third-order valence-electron chi connectivity index (χ3n) is 6.07. The monoisotopic (exact) mass is 611 g/mol. The van der Waals surface area contributed by atoms with Crippen LogP contribution in [-0.4, -0.2) is 39.1 Å². The van der Waals surface area contributed by atoms with Crippen LogP contribution in [0.15, 0.2) is 85.3 Å². The highest BCUT2D eigenvalue weighted by Gasteiger charge is 2.24. The van der Waals surface area contributed by atoms with Crippen molar-refractivity contribution in [2.75, 3.05) is 5.75 Å². The summed E-state index contributed by atoms with van der Waals surface area (Å²) in [6.45, 7) is 6.27. The second kappa shape index (κ2) is 23.7. The molecule has 2 amide bonds. The van der Waals surface area contributed by atoms with Gasteiger partial charge in [0.1, 0.15) is 6.04 Å². The van der Waals surface area contributed by atoms with E-state index in [4.69, 9.17) is 5.73 Å². The molecule has 0 spiro atoms. The Morgan fingerprint density at radius 3 is 2.07 bits per heavy atom. The summed E-state index contributed by atoms with van der Waals surface area (Å²) < 4.78 is -0.185. The normalized spacial score (nSPS) is 13.2. The van der Waals surface area contributed by atoms with E-state index in [-0.39, 0.29) is 16.4 Å². The Bertz CT molecular complexity index is 1060. The van der Waals surface area contributed by atoms with Crippen molar-refractivity contribution < 1.29 is 14.4 Å². The number of aromatic nitrogens is 1.